The van der Waals surface area contributed by atoms with E-state index in [9.17, 15) is 9.59 Å². The first-order chi connectivity index (χ1) is 10.2. The number of nitrogens with one attached hydrogen (secondary N) is 1. The van der Waals surface area contributed by atoms with Gasteiger partial charge in [0.15, 0.2) is 5.69 Å². The lowest BCUT2D eigenvalue weighted by molar-refractivity contribution is 0.0948. The Labute approximate surface area is 117 Å². The lowest BCUT2D eigenvalue weighted by atomic mass is 10.4. The van der Waals surface area contributed by atoms with E-state index in [0.717, 1.165) is 0 Å². The topological polar surface area (TPSA) is 125 Å². The molecule has 0 fully saturated rings. The van der Waals surface area contributed by atoms with Crippen molar-refractivity contribution in [3.05, 3.63) is 46.9 Å². The van der Waals surface area contributed by atoms with Gasteiger partial charge in [-0.25, -0.2) is 15.0 Å². The largest absolute Gasteiger partial charge is 0.310 e. The van der Waals surface area contributed by atoms with Crippen LogP contribution in [0.3, 0.4) is 0 Å². The Kier molecular flexibility index (Phi) is 3.20. The highest BCUT2D eigenvalue weighted by atomic mass is 16.2. The number of carbonyl (C=O) groups excluding carboxylic acids is 1. The van der Waals surface area contributed by atoms with E-state index in [1.165, 1.54) is 15.4 Å². The third-order valence-corrected chi connectivity index (χ3v) is 3.01. The second-order valence-electron chi connectivity index (χ2n) is 4.30. The van der Waals surface area contributed by atoms with Crippen molar-refractivity contribution in [2.24, 2.45) is 5.84 Å². The third kappa shape index (κ3) is 2.39. The molecule has 108 valence electrons. The SMILES string of the molecule is NNC(=O)c1cn(CCn2ccn3nccc3c2=O)nn1. The average molecular weight is 288 g/mol. The van der Waals surface area contributed by atoms with Crippen molar-refractivity contribution in [3.63, 3.8) is 0 Å². The number of carbonyl (C=O) groups is 1. The monoisotopic (exact) mass is 288 g/mol. The van der Waals surface area contributed by atoms with Crippen LogP contribution in [0.5, 0.6) is 0 Å². The fourth-order valence-corrected chi connectivity index (χ4v) is 1.93. The normalized spacial score (nSPS) is 10.9. The molecule has 0 aliphatic rings. The number of hydrogen-bond donors (Lipinski definition) is 2. The summed E-state index contributed by atoms with van der Waals surface area (Å²) in [4.78, 5) is 23.4. The van der Waals surface area contributed by atoms with Crippen LogP contribution in [-0.2, 0) is 13.1 Å². The molecule has 10 heteroatoms. The molecule has 21 heavy (non-hydrogen) atoms. The maximum atomic E-state index is 12.1. The molecule has 0 bridgehead atoms. The Morgan fingerprint density at radius 2 is 2.19 bits per heavy atom. The number of aryl methyl sites for hydroxylation is 2. The molecular formula is C11H12N8O2. The summed E-state index contributed by atoms with van der Waals surface area (Å²) in [5.41, 5.74) is 2.45. The molecule has 10 nitrogen and oxygen atoms in total. The van der Waals surface area contributed by atoms with Gasteiger partial charge in [-0.3, -0.25) is 15.0 Å². The smallest absolute Gasteiger partial charge is 0.287 e. The highest BCUT2D eigenvalue weighted by Crippen LogP contribution is 1.96. The molecule has 0 radical (unpaired) electrons. The van der Waals surface area contributed by atoms with E-state index >= 15 is 0 Å². The first-order valence-electron chi connectivity index (χ1n) is 6.13. The number of nitrogens with zero attached hydrogens (tertiary/aromatic N) is 6. The number of fused-ring (bicyclic) bond motifs is 1. The molecule has 3 aromatic rings. The summed E-state index contributed by atoms with van der Waals surface area (Å²) in [6.07, 6.45) is 6.37. The van der Waals surface area contributed by atoms with Gasteiger partial charge < -0.3 is 4.57 Å². The van der Waals surface area contributed by atoms with Crippen LogP contribution in [0.2, 0.25) is 0 Å². The summed E-state index contributed by atoms with van der Waals surface area (Å²) in [5, 5.41) is 11.5. The Morgan fingerprint density at radius 3 is 3.00 bits per heavy atom. The van der Waals surface area contributed by atoms with Crippen molar-refractivity contribution in [1.29, 1.82) is 0 Å². The van der Waals surface area contributed by atoms with Crippen molar-refractivity contribution >= 4 is 11.4 Å². The Hall–Kier alpha value is -3.01. The van der Waals surface area contributed by atoms with Gasteiger partial charge in [0, 0.05) is 18.9 Å². The van der Waals surface area contributed by atoms with E-state index in [1.54, 1.807) is 29.2 Å². The highest BCUT2D eigenvalue weighted by Gasteiger charge is 2.09. The van der Waals surface area contributed by atoms with E-state index in [1.807, 2.05) is 5.43 Å². The van der Waals surface area contributed by atoms with Crippen molar-refractivity contribution in [1.82, 2.24) is 34.6 Å². The maximum Gasteiger partial charge on any atom is 0.287 e. The predicted octanol–water partition coefficient (Wildman–Crippen LogP) is -1.61. The first kappa shape index (κ1) is 13.0. The summed E-state index contributed by atoms with van der Waals surface area (Å²) < 4.78 is 4.52. The lowest BCUT2D eigenvalue weighted by Gasteiger charge is -2.05. The molecule has 1 amide bonds. The van der Waals surface area contributed by atoms with Crippen LogP contribution in [0, 0.1) is 0 Å². The fraction of sp³-hybridized carbons (Fsp3) is 0.182. The van der Waals surface area contributed by atoms with Gasteiger partial charge in [0.1, 0.15) is 5.52 Å². The van der Waals surface area contributed by atoms with Gasteiger partial charge in [0.05, 0.1) is 18.9 Å². The van der Waals surface area contributed by atoms with Crippen LogP contribution < -0.4 is 16.8 Å². The summed E-state index contributed by atoms with van der Waals surface area (Å²) in [7, 11) is 0. The van der Waals surface area contributed by atoms with Crippen LogP contribution in [0.4, 0.5) is 0 Å². The Morgan fingerprint density at radius 1 is 1.33 bits per heavy atom. The minimum atomic E-state index is -0.515. The fourth-order valence-electron chi connectivity index (χ4n) is 1.93. The number of nitrogens with two attached hydrogens (primary N) is 1. The van der Waals surface area contributed by atoms with Crippen LogP contribution in [0.1, 0.15) is 10.5 Å². The first-order valence-corrected chi connectivity index (χ1v) is 6.13. The van der Waals surface area contributed by atoms with Gasteiger partial charge >= 0.3 is 0 Å². The van der Waals surface area contributed by atoms with Gasteiger partial charge in [-0.2, -0.15) is 5.10 Å². The molecule has 0 aliphatic heterocycles. The Bertz CT molecular complexity index is 845. The molecule has 0 unspecified atom stereocenters. The molecule has 3 N–H and O–H groups in total. The molecule has 0 atom stereocenters. The summed E-state index contributed by atoms with van der Waals surface area (Å²) in [5.74, 6) is 4.50. The average Bonchev–Trinajstić information content (AvgIpc) is 3.15. The standard InChI is InChI=1S/C11H12N8O2/c12-14-10(20)8-7-18(16-15-8)5-3-17-4-6-19-9(11(17)21)1-2-13-19/h1-2,4,6-7H,3,5,12H2,(H,14,20). The van der Waals surface area contributed by atoms with Crippen LogP contribution in [0.15, 0.2) is 35.6 Å². The van der Waals surface area contributed by atoms with E-state index in [-0.39, 0.29) is 11.3 Å². The van der Waals surface area contributed by atoms with Crippen molar-refractivity contribution < 1.29 is 4.79 Å². The minimum Gasteiger partial charge on any atom is -0.310 e. The van der Waals surface area contributed by atoms with Gasteiger partial charge in [0.25, 0.3) is 11.5 Å². The molecule has 3 aromatic heterocycles. The molecule has 0 saturated heterocycles. The van der Waals surface area contributed by atoms with Crippen molar-refractivity contribution in [2.45, 2.75) is 13.1 Å². The number of rotatable bonds is 4. The van der Waals surface area contributed by atoms with Crippen LogP contribution in [0.25, 0.3) is 5.52 Å². The zero-order chi connectivity index (χ0) is 14.8. The number of aromatic nitrogens is 6. The predicted molar refractivity (Wildman–Crippen MR) is 71.1 cm³/mol. The number of hydrogen-bond acceptors (Lipinski definition) is 6. The molecule has 0 saturated carbocycles. The number of nitrogen functional groups attached to an aromatic ring is 1. The highest BCUT2D eigenvalue weighted by molar-refractivity contribution is 5.91. The molecule has 3 heterocycles. The van der Waals surface area contributed by atoms with E-state index < -0.39 is 5.91 Å². The Balaban J connectivity index is 1.77. The van der Waals surface area contributed by atoms with Gasteiger partial charge in [0.2, 0.25) is 0 Å². The molecule has 0 aliphatic carbocycles. The zero-order valence-electron chi connectivity index (χ0n) is 10.9. The zero-order valence-corrected chi connectivity index (χ0v) is 10.9. The summed E-state index contributed by atoms with van der Waals surface area (Å²) >= 11 is 0. The third-order valence-electron chi connectivity index (χ3n) is 3.01. The van der Waals surface area contributed by atoms with Crippen LogP contribution in [-0.4, -0.2) is 35.1 Å². The summed E-state index contributed by atoms with van der Waals surface area (Å²) in [6, 6.07) is 1.65. The molecule has 0 aromatic carbocycles. The summed E-state index contributed by atoms with van der Waals surface area (Å²) in [6.45, 7) is 0.794. The molecule has 0 spiro atoms. The van der Waals surface area contributed by atoms with Gasteiger partial charge in [-0.05, 0) is 6.07 Å². The number of hydrazine groups is 1. The van der Waals surface area contributed by atoms with Gasteiger partial charge in [-0.1, -0.05) is 5.21 Å². The van der Waals surface area contributed by atoms with E-state index in [0.29, 0.717) is 18.6 Å². The van der Waals surface area contributed by atoms with Crippen molar-refractivity contribution in [2.75, 3.05) is 0 Å². The second-order valence-corrected chi connectivity index (χ2v) is 4.30. The van der Waals surface area contributed by atoms with E-state index in [2.05, 4.69) is 15.4 Å². The van der Waals surface area contributed by atoms with Gasteiger partial charge in [-0.15, -0.1) is 5.10 Å². The second kappa shape index (κ2) is 5.17. The molecule has 3 rings (SSSR count). The van der Waals surface area contributed by atoms with E-state index in [4.69, 9.17) is 5.84 Å². The lowest BCUT2D eigenvalue weighted by Crippen LogP contribution is -2.30. The molecular weight excluding hydrogens is 276 g/mol. The number of amides is 1. The quantitative estimate of drug-likeness (QED) is 0.338. The van der Waals surface area contributed by atoms with Crippen LogP contribution >= 0.6 is 0 Å². The maximum absolute atomic E-state index is 12.1. The van der Waals surface area contributed by atoms with Crippen molar-refractivity contribution in [3.8, 4) is 0 Å². The minimum absolute atomic E-state index is 0.121.